The highest BCUT2D eigenvalue weighted by Gasteiger charge is 2.18. The van der Waals surface area contributed by atoms with Gasteiger partial charge in [0.1, 0.15) is 12.4 Å². The summed E-state index contributed by atoms with van der Waals surface area (Å²) in [6.07, 6.45) is 4.06. The third-order valence-corrected chi connectivity index (χ3v) is 4.56. The number of carbonyl (C=O) groups is 1. The van der Waals surface area contributed by atoms with Crippen LogP contribution in [0, 0.1) is 5.82 Å². The van der Waals surface area contributed by atoms with Crippen LogP contribution in [0.3, 0.4) is 0 Å². The van der Waals surface area contributed by atoms with Crippen molar-refractivity contribution >= 4 is 17.5 Å². The minimum absolute atomic E-state index is 0.0605. The van der Waals surface area contributed by atoms with E-state index in [0.717, 1.165) is 31.6 Å². The van der Waals surface area contributed by atoms with Gasteiger partial charge in [0.2, 0.25) is 5.91 Å². The summed E-state index contributed by atoms with van der Waals surface area (Å²) in [7, 11) is 0. The van der Waals surface area contributed by atoms with Gasteiger partial charge in [-0.2, -0.15) is 5.10 Å². The second-order valence-electron chi connectivity index (χ2n) is 5.96. The maximum absolute atomic E-state index is 13.7. The Morgan fingerprint density at radius 2 is 2.33 bits per heavy atom. The van der Waals surface area contributed by atoms with Crippen molar-refractivity contribution in [3.63, 3.8) is 0 Å². The largest absolute Gasteiger partial charge is 0.350 e. The Morgan fingerprint density at radius 3 is 3.08 bits per heavy atom. The number of carbonyl (C=O) groups excluding carboxylic acids is 1. The molecule has 1 aromatic heterocycles. The molecule has 2 heterocycles. The van der Waals surface area contributed by atoms with Gasteiger partial charge in [0.05, 0.1) is 5.69 Å². The fourth-order valence-corrected chi connectivity index (χ4v) is 3.11. The van der Waals surface area contributed by atoms with E-state index >= 15 is 0 Å². The molecule has 1 saturated heterocycles. The molecular weight excluding hydrogens is 331 g/mol. The first kappa shape index (κ1) is 16.9. The Kier molecular flexibility index (Phi) is 5.48. The molecule has 24 heavy (non-hydrogen) atoms. The lowest BCUT2D eigenvalue weighted by molar-refractivity contribution is -0.122. The number of amides is 1. The lowest BCUT2D eigenvalue weighted by Crippen LogP contribution is -2.29. The maximum Gasteiger partial charge on any atom is 0.242 e. The number of hydrogen-bond acceptors (Lipinski definition) is 3. The standard InChI is InChI=1S/C17H20ClFN4O/c18-14-4-1-5-15(19)13(14)10-21-17(24)11-23-8-6-16(22-23)12-3-2-7-20-9-12/h1,4-6,8,12,20H,2-3,7,9-11H2,(H,21,24)/t12-/m1/s1. The first-order chi connectivity index (χ1) is 11.6. The third kappa shape index (κ3) is 4.13. The maximum atomic E-state index is 13.7. The molecule has 1 aromatic carbocycles. The van der Waals surface area contributed by atoms with Crippen molar-refractivity contribution in [2.75, 3.05) is 13.1 Å². The zero-order valence-electron chi connectivity index (χ0n) is 13.3. The minimum atomic E-state index is -0.422. The van der Waals surface area contributed by atoms with Gasteiger partial charge < -0.3 is 10.6 Å². The van der Waals surface area contributed by atoms with Crippen LogP contribution in [-0.2, 0) is 17.9 Å². The highest BCUT2D eigenvalue weighted by molar-refractivity contribution is 6.31. The number of nitrogens with one attached hydrogen (secondary N) is 2. The Labute approximate surface area is 145 Å². The molecule has 0 unspecified atom stereocenters. The van der Waals surface area contributed by atoms with Crippen molar-refractivity contribution in [1.82, 2.24) is 20.4 Å². The monoisotopic (exact) mass is 350 g/mol. The average molecular weight is 351 g/mol. The Morgan fingerprint density at radius 1 is 1.46 bits per heavy atom. The quantitative estimate of drug-likeness (QED) is 0.871. The summed E-state index contributed by atoms with van der Waals surface area (Å²) in [6, 6.07) is 6.42. The van der Waals surface area contributed by atoms with E-state index in [2.05, 4.69) is 15.7 Å². The molecule has 1 fully saturated rings. The second-order valence-corrected chi connectivity index (χ2v) is 6.37. The first-order valence-electron chi connectivity index (χ1n) is 8.07. The number of aromatic nitrogens is 2. The molecule has 0 aliphatic carbocycles. The third-order valence-electron chi connectivity index (χ3n) is 4.21. The SMILES string of the molecule is O=C(Cn1ccc([C@@H]2CCCNC2)n1)NCc1c(F)cccc1Cl. The predicted molar refractivity (Wildman–Crippen MR) is 90.3 cm³/mol. The van der Waals surface area contributed by atoms with E-state index in [-0.39, 0.29) is 19.0 Å². The summed E-state index contributed by atoms with van der Waals surface area (Å²) >= 11 is 5.95. The van der Waals surface area contributed by atoms with E-state index in [4.69, 9.17) is 11.6 Å². The lowest BCUT2D eigenvalue weighted by atomic mass is 9.97. The molecule has 1 atom stereocenters. The summed E-state index contributed by atoms with van der Waals surface area (Å²) in [6.45, 7) is 2.14. The van der Waals surface area contributed by atoms with E-state index in [1.54, 1.807) is 16.9 Å². The number of piperidine rings is 1. The number of rotatable bonds is 5. The van der Waals surface area contributed by atoms with Crippen LogP contribution in [0.4, 0.5) is 4.39 Å². The minimum Gasteiger partial charge on any atom is -0.350 e. The van der Waals surface area contributed by atoms with E-state index < -0.39 is 5.82 Å². The van der Waals surface area contributed by atoms with Gasteiger partial charge in [-0.15, -0.1) is 0 Å². The van der Waals surface area contributed by atoms with Crippen LogP contribution in [0.25, 0.3) is 0 Å². The topological polar surface area (TPSA) is 59.0 Å². The van der Waals surface area contributed by atoms with E-state index in [1.165, 1.54) is 12.1 Å². The van der Waals surface area contributed by atoms with Gasteiger partial charge >= 0.3 is 0 Å². The van der Waals surface area contributed by atoms with Crippen LogP contribution in [0.15, 0.2) is 30.5 Å². The van der Waals surface area contributed by atoms with Crippen LogP contribution in [0.2, 0.25) is 5.02 Å². The molecule has 0 saturated carbocycles. The second kappa shape index (κ2) is 7.77. The van der Waals surface area contributed by atoms with Gasteiger partial charge in [-0.3, -0.25) is 9.48 Å². The predicted octanol–water partition coefficient (Wildman–Crippen LogP) is 2.46. The summed E-state index contributed by atoms with van der Waals surface area (Å²) < 4.78 is 15.3. The number of nitrogens with zero attached hydrogens (tertiary/aromatic N) is 2. The molecular formula is C17H20ClFN4O. The Hall–Kier alpha value is -1.92. The smallest absolute Gasteiger partial charge is 0.242 e. The molecule has 0 radical (unpaired) electrons. The van der Waals surface area contributed by atoms with Crippen LogP contribution >= 0.6 is 11.6 Å². The molecule has 3 rings (SSSR count). The van der Waals surface area contributed by atoms with Crippen molar-refractivity contribution in [3.8, 4) is 0 Å². The van der Waals surface area contributed by atoms with Gasteiger partial charge in [0.25, 0.3) is 0 Å². The fourth-order valence-electron chi connectivity index (χ4n) is 2.88. The normalized spacial score (nSPS) is 17.7. The first-order valence-corrected chi connectivity index (χ1v) is 8.45. The van der Waals surface area contributed by atoms with E-state index in [1.807, 2.05) is 6.07 Å². The average Bonchev–Trinajstić information content (AvgIpc) is 3.03. The summed E-state index contributed by atoms with van der Waals surface area (Å²) in [4.78, 5) is 12.0. The van der Waals surface area contributed by atoms with Crippen LogP contribution in [-0.4, -0.2) is 28.8 Å². The molecule has 0 bridgehead atoms. The molecule has 1 aliphatic rings. The molecule has 128 valence electrons. The molecule has 7 heteroatoms. The summed E-state index contributed by atoms with van der Waals surface area (Å²) in [5.41, 5.74) is 1.30. The van der Waals surface area contributed by atoms with E-state index in [0.29, 0.717) is 16.5 Å². The molecule has 2 aromatic rings. The number of benzene rings is 1. The Bertz CT molecular complexity index is 692. The molecule has 1 aliphatic heterocycles. The number of hydrogen-bond donors (Lipinski definition) is 2. The highest BCUT2D eigenvalue weighted by Crippen LogP contribution is 2.21. The van der Waals surface area contributed by atoms with Gasteiger partial charge in [0, 0.05) is 35.8 Å². The van der Waals surface area contributed by atoms with Crippen molar-refractivity contribution in [3.05, 3.63) is 52.6 Å². The zero-order chi connectivity index (χ0) is 16.9. The van der Waals surface area contributed by atoms with Crippen molar-refractivity contribution in [2.45, 2.75) is 31.8 Å². The fraction of sp³-hybridized carbons (Fsp3) is 0.412. The van der Waals surface area contributed by atoms with Crippen LogP contribution in [0.1, 0.15) is 30.0 Å². The van der Waals surface area contributed by atoms with Gasteiger partial charge in [-0.1, -0.05) is 17.7 Å². The number of halogens is 2. The van der Waals surface area contributed by atoms with Gasteiger partial charge in [-0.25, -0.2) is 4.39 Å². The van der Waals surface area contributed by atoms with Gasteiger partial charge in [-0.05, 0) is 37.6 Å². The lowest BCUT2D eigenvalue weighted by Gasteiger charge is -2.20. The molecule has 5 nitrogen and oxygen atoms in total. The van der Waals surface area contributed by atoms with Crippen molar-refractivity contribution in [2.24, 2.45) is 0 Å². The summed E-state index contributed by atoms with van der Waals surface area (Å²) in [5, 5.41) is 10.8. The van der Waals surface area contributed by atoms with Crippen LogP contribution in [0.5, 0.6) is 0 Å². The van der Waals surface area contributed by atoms with Gasteiger partial charge in [0.15, 0.2) is 0 Å². The van der Waals surface area contributed by atoms with Crippen molar-refractivity contribution < 1.29 is 9.18 Å². The van der Waals surface area contributed by atoms with E-state index in [9.17, 15) is 9.18 Å². The molecule has 2 N–H and O–H groups in total. The molecule has 0 spiro atoms. The zero-order valence-corrected chi connectivity index (χ0v) is 14.0. The van der Waals surface area contributed by atoms with Crippen molar-refractivity contribution in [1.29, 1.82) is 0 Å². The molecule has 1 amide bonds. The van der Waals surface area contributed by atoms with Crippen LogP contribution < -0.4 is 10.6 Å². The Balaban J connectivity index is 1.54. The highest BCUT2D eigenvalue weighted by atomic mass is 35.5. The summed E-state index contributed by atoms with van der Waals surface area (Å²) in [5.74, 6) is -0.250.